The minimum Gasteiger partial charge on any atom is -0.321 e. The lowest BCUT2D eigenvalue weighted by molar-refractivity contribution is 0.574. The lowest BCUT2D eigenvalue weighted by atomic mass is 10.1. The molecule has 2 aromatic carbocycles. The van der Waals surface area contributed by atoms with Gasteiger partial charge < -0.3 is 5.73 Å². The maximum Gasteiger partial charge on any atom is 0.269 e. The highest BCUT2D eigenvalue weighted by atomic mass is 19.1. The summed E-state index contributed by atoms with van der Waals surface area (Å²) in [5.74, 6) is -3.86. The van der Waals surface area contributed by atoms with E-state index >= 15 is 0 Å². The predicted octanol–water partition coefficient (Wildman–Crippen LogP) is 3.35. The van der Waals surface area contributed by atoms with Gasteiger partial charge in [0.25, 0.3) is 5.56 Å². The summed E-state index contributed by atoms with van der Waals surface area (Å²) in [4.78, 5) is 16.8. The summed E-state index contributed by atoms with van der Waals surface area (Å²) in [6.07, 6.45) is 0.312. The van der Waals surface area contributed by atoms with Gasteiger partial charge in [0.1, 0.15) is 40.0 Å². The molecule has 130 valence electrons. The number of aromatic nitrogens is 2. The van der Waals surface area contributed by atoms with E-state index in [1.54, 1.807) is 6.92 Å². The number of halogens is 4. The molecule has 3 rings (SSSR count). The topological polar surface area (TPSA) is 60.9 Å². The summed E-state index contributed by atoms with van der Waals surface area (Å²) in [5, 5.41) is -0.614. The second-order valence-corrected chi connectivity index (χ2v) is 5.51. The number of rotatable bonds is 3. The molecular formula is C17H13F4N3O. The van der Waals surface area contributed by atoms with Crippen LogP contribution >= 0.6 is 0 Å². The number of fused-ring (bicyclic) bond motifs is 1. The molecule has 8 heteroatoms. The lowest BCUT2D eigenvalue weighted by Crippen LogP contribution is -2.29. The van der Waals surface area contributed by atoms with Crippen LogP contribution < -0.4 is 11.3 Å². The molecule has 4 nitrogen and oxygen atoms in total. The zero-order valence-electron chi connectivity index (χ0n) is 13.1. The van der Waals surface area contributed by atoms with Crippen LogP contribution in [0.3, 0.4) is 0 Å². The van der Waals surface area contributed by atoms with Gasteiger partial charge in [0.15, 0.2) is 0 Å². The van der Waals surface area contributed by atoms with Crippen LogP contribution in [-0.4, -0.2) is 9.55 Å². The van der Waals surface area contributed by atoms with E-state index in [2.05, 4.69) is 4.98 Å². The molecule has 0 spiro atoms. The Kier molecular flexibility index (Phi) is 4.30. The molecule has 1 atom stereocenters. The molecule has 2 N–H and O–H groups in total. The molecule has 0 aliphatic carbocycles. The summed E-state index contributed by atoms with van der Waals surface area (Å²) in [5.41, 5.74) is 4.25. The van der Waals surface area contributed by atoms with E-state index in [9.17, 15) is 22.4 Å². The van der Waals surface area contributed by atoms with Crippen molar-refractivity contribution in [3.05, 3.63) is 69.8 Å². The fraction of sp³-hybridized carbons (Fsp3) is 0.176. The molecule has 0 fully saturated rings. The average molecular weight is 351 g/mol. The molecule has 0 saturated carbocycles. The van der Waals surface area contributed by atoms with Crippen LogP contribution in [0.2, 0.25) is 0 Å². The fourth-order valence-electron chi connectivity index (χ4n) is 2.58. The third-order valence-electron chi connectivity index (χ3n) is 3.83. The molecule has 1 unspecified atom stereocenters. The normalized spacial score (nSPS) is 12.6. The highest BCUT2D eigenvalue weighted by Crippen LogP contribution is 2.22. The first-order valence-electron chi connectivity index (χ1n) is 7.46. The van der Waals surface area contributed by atoms with Crippen molar-refractivity contribution in [2.75, 3.05) is 0 Å². The van der Waals surface area contributed by atoms with Gasteiger partial charge in [-0.1, -0.05) is 6.92 Å². The highest BCUT2D eigenvalue weighted by molar-refractivity contribution is 5.79. The predicted molar refractivity (Wildman–Crippen MR) is 84.4 cm³/mol. The Balaban J connectivity index is 2.50. The van der Waals surface area contributed by atoms with Crippen LogP contribution in [0.15, 0.2) is 35.1 Å². The van der Waals surface area contributed by atoms with Crippen molar-refractivity contribution in [2.24, 2.45) is 5.73 Å². The maximum absolute atomic E-state index is 14.1. The number of nitrogens with zero attached hydrogens (tertiary/aromatic N) is 2. The van der Waals surface area contributed by atoms with Gasteiger partial charge in [0, 0.05) is 6.07 Å². The van der Waals surface area contributed by atoms with Gasteiger partial charge in [0.05, 0.1) is 11.7 Å². The summed E-state index contributed by atoms with van der Waals surface area (Å²) in [6, 6.07) is 3.21. The third-order valence-corrected chi connectivity index (χ3v) is 3.83. The van der Waals surface area contributed by atoms with Crippen LogP contribution in [0.25, 0.3) is 16.6 Å². The van der Waals surface area contributed by atoms with Gasteiger partial charge in [-0.3, -0.25) is 9.36 Å². The smallest absolute Gasteiger partial charge is 0.269 e. The van der Waals surface area contributed by atoms with Crippen LogP contribution in [0, 0.1) is 23.3 Å². The molecule has 0 bridgehead atoms. The number of hydrogen-bond acceptors (Lipinski definition) is 3. The Hall–Kier alpha value is -2.74. The fourth-order valence-corrected chi connectivity index (χ4v) is 2.58. The quantitative estimate of drug-likeness (QED) is 0.736. The van der Waals surface area contributed by atoms with Crippen molar-refractivity contribution in [1.29, 1.82) is 0 Å². The summed E-state index contributed by atoms with van der Waals surface area (Å²) < 4.78 is 56.1. The molecule has 0 saturated heterocycles. The SMILES string of the molecule is CCC(N)c1nc2c(F)ccc(F)c2c(=O)n1-c1cc(F)cc(F)c1. The largest absolute Gasteiger partial charge is 0.321 e. The molecule has 3 aromatic rings. The van der Waals surface area contributed by atoms with E-state index in [0.29, 0.717) is 12.5 Å². The monoisotopic (exact) mass is 351 g/mol. The standard InChI is InChI=1S/C17H13F4N3O/c1-2-13(22)16-23-15-12(21)4-3-11(20)14(15)17(25)24(16)10-6-8(18)5-9(19)7-10/h3-7,13H,2,22H2,1H3. The Labute approximate surface area is 139 Å². The van der Waals surface area contributed by atoms with Crippen molar-refractivity contribution < 1.29 is 17.6 Å². The van der Waals surface area contributed by atoms with Gasteiger partial charge in [-0.15, -0.1) is 0 Å². The maximum atomic E-state index is 14.1. The number of benzene rings is 2. The molecule has 1 heterocycles. The number of hydrogen-bond donors (Lipinski definition) is 1. The highest BCUT2D eigenvalue weighted by Gasteiger charge is 2.21. The molecule has 0 radical (unpaired) electrons. The Morgan fingerprint density at radius 2 is 1.68 bits per heavy atom. The Bertz CT molecular complexity index is 1010. The molecule has 25 heavy (non-hydrogen) atoms. The van der Waals surface area contributed by atoms with Gasteiger partial charge in [0.2, 0.25) is 0 Å². The van der Waals surface area contributed by atoms with Crippen LogP contribution in [-0.2, 0) is 0 Å². The molecule has 0 aliphatic rings. The zero-order chi connectivity index (χ0) is 18.3. The molecule has 0 aliphatic heterocycles. The Morgan fingerprint density at radius 1 is 1.08 bits per heavy atom. The van der Waals surface area contributed by atoms with E-state index in [1.807, 2.05) is 0 Å². The van der Waals surface area contributed by atoms with Crippen LogP contribution in [0.1, 0.15) is 25.2 Å². The van der Waals surface area contributed by atoms with Crippen molar-refractivity contribution in [1.82, 2.24) is 9.55 Å². The second kappa shape index (κ2) is 6.29. The minimum absolute atomic E-state index is 0.116. The van der Waals surface area contributed by atoms with Gasteiger partial charge in [-0.2, -0.15) is 0 Å². The van der Waals surface area contributed by atoms with Crippen molar-refractivity contribution in [3.63, 3.8) is 0 Å². The summed E-state index contributed by atoms with van der Waals surface area (Å²) in [7, 11) is 0. The first-order valence-corrected chi connectivity index (χ1v) is 7.46. The van der Waals surface area contributed by atoms with Gasteiger partial charge in [-0.25, -0.2) is 22.5 Å². The van der Waals surface area contributed by atoms with E-state index < -0.39 is 45.8 Å². The average Bonchev–Trinajstić information content (AvgIpc) is 2.55. The lowest BCUT2D eigenvalue weighted by Gasteiger charge is -2.18. The van der Waals surface area contributed by atoms with E-state index in [1.165, 1.54) is 0 Å². The molecule has 1 aromatic heterocycles. The van der Waals surface area contributed by atoms with E-state index in [-0.39, 0.29) is 11.5 Å². The summed E-state index contributed by atoms with van der Waals surface area (Å²) in [6.45, 7) is 1.69. The second-order valence-electron chi connectivity index (χ2n) is 5.51. The van der Waals surface area contributed by atoms with Gasteiger partial charge in [-0.05, 0) is 30.7 Å². The molecular weight excluding hydrogens is 338 g/mol. The molecule has 0 amide bonds. The first-order chi connectivity index (χ1) is 11.8. The number of nitrogens with two attached hydrogens (primary N) is 1. The zero-order valence-corrected chi connectivity index (χ0v) is 13.1. The Morgan fingerprint density at radius 3 is 2.28 bits per heavy atom. The van der Waals surface area contributed by atoms with Gasteiger partial charge >= 0.3 is 0 Å². The van der Waals surface area contributed by atoms with Crippen LogP contribution in [0.5, 0.6) is 0 Å². The van der Waals surface area contributed by atoms with Crippen molar-refractivity contribution in [3.8, 4) is 5.69 Å². The summed E-state index contributed by atoms with van der Waals surface area (Å²) >= 11 is 0. The van der Waals surface area contributed by atoms with Crippen molar-refractivity contribution >= 4 is 10.9 Å². The first kappa shape index (κ1) is 17.1. The van der Waals surface area contributed by atoms with Crippen LogP contribution in [0.4, 0.5) is 17.6 Å². The minimum atomic E-state index is -0.995. The third kappa shape index (κ3) is 2.89. The van der Waals surface area contributed by atoms with E-state index in [4.69, 9.17) is 5.73 Å². The van der Waals surface area contributed by atoms with E-state index in [0.717, 1.165) is 28.8 Å². The van der Waals surface area contributed by atoms with Crippen molar-refractivity contribution in [2.45, 2.75) is 19.4 Å².